The maximum Gasteiger partial charge on any atom is 0.410 e. The van der Waals surface area contributed by atoms with E-state index in [0.29, 0.717) is 12.6 Å². The van der Waals surface area contributed by atoms with Gasteiger partial charge in [-0.1, -0.05) is 28.1 Å². The molecule has 0 bridgehead atoms. The molecule has 0 radical (unpaired) electrons. The Bertz CT molecular complexity index is 446. The van der Waals surface area contributed by atoms with Crippen molar-refractivity contribution in [3.8, 4) is 0 Å². The molecule has 0 atom stereocenters. The fourth-order valence-corrected chi connectivity index (χ4v) is 2.10. The van der Waals surface area contributed by atoms with Gasteiger partial charge in [0.2, 0.25) is 0 Å². The Hall–Kier alpha value is -1.03. The van der Waals surface area contributed by atoms with E-state index in [0.717, 1.165) is 22.9 Å². The molecule has 0 spiro atoms. The Morgan fingerprint density at radius 2 is 1.89 bits per heavy atom. The van der Waals surface area contributed by atoms with Gasteiger partial charge in [0.15, 0.2) is 0 Å². The summed E-state index contributed by atoms with van der Waals surface area (Å²) < 4.78 is 6.52. The highest BCUT2D eigenvalue weighted by Crippen LogP contribution is 2.30. The Morgan fingerprint density at radius 3 is 2.37 bits per heavy atom. The van der Waals surface area contributed by atoms with Crippen molar-refractivity contribution in [2.75, 3.05) is 0 Å². The minimum atomic E-state index is -0.441. The van der Waals surface area contributed by atoms with E-state index < -0.39 is 5.60 Å². The molecule has 0 heterocycles. The van der Waals surface area contributed by atoms with Crippen molar-refractivity contribution >= 4 is 22.0 Å². The maximum absolute atomic E-state index is 12.2. The molecule has 0 saturated heterocycles. The molecule has 4 heteroatoms. The van der Waals surface area contributed by atoms with Crippen LogP contribution in [0.3, 0.4) is 0 Å². The average molecular weight is 326 g/mol. The number of rotatable bonds is 3. The molecule has 0 N–H and O–H groups in total. The van der Waals surface area contributed by atoms with Gasteiger partial charge in [-0.3, -0.25) is 0 Å². The topological polar surface area (TPSA) is 29.5 Å². The van der Waals surface area contributed by atoms with E-state index in [4.69, 9.17) is 4.74 Å². The monoisotopic (exact) mass is 325 g/mol. The van der Waals surface area contributed by atoms with E-state index in [9.17, 15) is 4.79 Å². The zero-order valence-electron chi connectivity index (χ0n) is 11.6. The third-order valence-corrected chi connectivity index (χ3v) is 3.41. The number of hydrogen-bond donors (Lipinski definition) is 0. The molecule has 104 valence electrons. The van der Waals surface area contributed by atoms with Crippen LogP contribution >= 0.6 is 15.9 Å². The molecule has 1 fully saturated rings. The number of carbonyl (C=O) groups is 1. The molecule has 1 aromatic carbocycles. The van der Waals surface area contributed by atoms with Gasteiger partial charge >= 0.3 is 6.09 Å². The predicted molar refractivity (Wildman–Crippen MR) is 78.9 cm³/mol. The van der Waals surface area contributed by atoms with Gasteiger partial charge in [0, 0.05) is 17.1 Å². The fraction of sp³-hybridized carbons (Fsp3) is 0.533. The highest BCUT2D eigenvalue weighted by Gasteiger charge is 2.35. The Labute approximate surface area is 123 Å². The zero-order valence-corrected chi connectivity index (χ0v) is 13.2. The smallest absolute Gasteiger partial charge is 0.410 e. The van der Waals surface area contributed by atoms with Gasteiger partial charge in [-0.15, -0.1) is 0 Å². The number of amides is 1. The minimum absolute atomic E-state index is 0.210. The molecule has 1 amide bonds. The lowest BCUT2D eigenvalue weighted by molar-refractivity contribution is 0.0216. The molecule has 2 rings (SSSR count). The van der Waals surface area contributed by atoms with Crippen LogP contribution in [-0.2, 0) is 11.3 Å². The largest absolute Gasteiger partial charge is 0.444 e. The molecule has 1 aliphatic carbocycles. The van der Waals surface area contributed by atoms with Crippen LogP contribution < -0.4 is 0 Å². The minimum Gasteiger partial charge on any atom is -0.444 e. The molecule has 1 aliphatic rings. The third kappa shape index (κ3) is 4.53. The third-order valence-electron chi connectivity index (χ3n) is 2.88. The molecular weight excluding hydrogens is 306 g/mol. The van der Waals surface area contributed by atoms with Gasteiger partial charge in [-0.05, 0) is 51.3 Å². The average Bonchev–Trinajstić information content (AvgIpc) is 3.09. The molecule has 3 nitrogen and oxygen atoms in total. The van der Waals surface area contributed by atoms with Crippen molar-refractivity contribution in [3.05, 3.63) is 34.3 Å². The van der Waals surface area contributed by atoms with Crippen LogP contribution in [0.15, 0.2) is 28.7 Å². The lowest BCUT2D eigenvalue weighted by Gasteiger charge is -2.27. The second-order valence-electron chi connectivity index (χ2n) is 5.97. The summed E-state index contributed by atoms with van der Waals surface area (Å²) in [6.07, 6.45) is 1.95. The number of benzene rings is 1. The van der Waals surface area contributed by atoms with Gasteiger partial charge in [0.25, 0.3) is 0 Å². The number of halogens is 1. The van der Waals surface area contributed by atoms with E-state index >= 15 is 0 Å². The lowest BCUT2D eigenvalue weighted by atomic mass is 10.2. The summed E-state index contributed by atoms with van der Waals surface area (Å²) in [6.45, 7) is 6.31. The summed E-state index contributed by atoms with van der Waals surface area (Å²) in [5, 5.41) is 0. The summed E-state index contributed by atoms with van der Waals surface area (Å²) >= 11 is 3.42. The molecular formula is C15H20BrNO2. The number of ether oxygens (including phenoxy) is 1. The highest BCUT2D eigenvalue weighted by atomic mass is 79.9. The summed E-state index contributed by atoms with van der Waals surface area (Å²) in [5.74, 6) is 0. The Kier molecular flexibility index (Phi) is 4.19. The van der Waals surface area contributed by atoms with Crippen molar-refractivity contribution in [1.82, 2.24) is 4.90 Å². The summed E-state index contributed by atoms with van der Waals surface area (Å²) in [7, 11) is 0. The first-order valence-corrected chi connectivity index (χ1v) is 7.38. The molecule has 19 heavy (non-hydrogen) atoms. The zero-order chi connectivity index (χ0) is 14.0. The SMILES string of the molecule is CC(C)(C)OC(=O)N(Cc1ccc(Br)cc1)C1CC1. The Balaban J connectivity index is 2.04. The van der Waals surface area contributed by atoms with Gasteiger partial charge in [0.1, 0.15) is 5.60 Å². The highest BCUT2D eigenvalue weighted by molar-refractivity contribution is 9.10. The van der Waals surface area contributed by atoms with Crippen LogP contribution in [0.1, 0.15) is 39.2 Å². The van der Waals surface area contributed by atoms with E-state index in [2.05, 4.69) is 15.9 Å². The molecule has 0 unspecified atom stereocenters. The first-order chi connectivity index (χ1) is 8.85. The van der Waals surface area contributed by atoms with Crippen LogP contribution in [-0.4, -0.2) is 22.6 Å². The summed E-state index contributed by atoms with van der Waals surface area (Å²) in [5.41, 5.74) is 0.685. The molecule has 1 saturated carbocycles. The van der Waals surface area contributed by atoms with Crippen LogP contribution in [0, 0.1) is 0 Å². The summed E-state index contributed by atoms with van der Waals surface area (Å²) in [4.78, 5) is 14.0. The Morgan fingerprint density at radius 1 is 1.32 bits per heavy atom. The van der Waals surface area contributed by atoms with E-state index in [1.165, 1.54) is 0 Å². The van der Waals surface area contributed by atoms with E-state index in [-0.39, 0.29) is 6.09 Å². The van der Waals surface area contributed by atoms with Crippen LogP contribution in [0.5, 0.6) is 0 Å². The predicted octanol–water partition coefficient (Wildman–Crippen LogP) is 4.35. The molecule has 0 aromatic heterocycles. The van der Waals surface area contributed by atoms with Gasteiger partial charge < -0.3 is 9.64 Å². The quantitative estimate of drug-likeness (QED) is 0.826. The van der Waals surface area contributed by atoms with Crippen LogP contribution in [0.25, 0.3) is 0 Å². The van der Waals surface area contributed by atoms with Gasteiger partial charge in [-0.2, -0.15) is 0 Å². The lowest BCUT2D eigenvalue weighted by Crippen LogP contribution is -2.37. The van der Waals surface area contributed by atoms with E-state index in [1.54, 1.807) is 0 Å². The second-order valence-corrected chi connectivity index (χ2v) is 6.88. The van der Waals surface area contributed by atoms with Crippen molar-refractivity contribution in [3.63, 3.8) is 0 Å². The molecule has 0 aliphatic heterocycles. The van der Waals surface area contributed by atoms with Crippen molar-refractivity contribution in [1.29, 1.82) is 0 Å². The van der Waals surface area contributed by atoms with Crippen molar-refractivity contribution < 1.29 is 9.53 Å². The van der Waals surface area contributed by atoms with Crippen molar-refractivity contribution in [2.24, 2.45) is 0 Å². The number of hydrogen-bond acceptors (Lipinski definition) is 2. The standard InChI is InChI=1S/C15H20BrNO2/c1-15(2,3)19-14(18)17(13-8-9-13)10-11-4-6-12(16)7-5-11/h4-7,13H,8-10H2,1-3H3. The molecule has 1 aromatic rings. The van der Waals surface area contributed by atoms with E-state index in [1.807, 2.05) is 49.9 Å². The fourth-order valence-electron chi connectivity index (χ4n) is 1.84. The van der Waals surface area contributed by atoms with Crippen LogP contribution in [0.4, 0.5) is 4.79 Å². The normalized spacial score (nSPS) is 15.2. The van der Waals surface area contributed by atoms with Crippen molar-refractivity contribution in [2.45, 2.75) is 51.8 Å². The van der Waals surface area contributed by atoms with Gasteiger partial charge in [0.05, 0.1) is 0 Å². The summed E-state index contributed by atoms with van der Waals surface area (Å²) in [6, 6.07) is 8.40. The first kappa shape index (κ1) is 14.4. The van der Waals surface area contributed by atoms with Gasteiger partial charge in [-0.25, -0.2) is 4.79 Å². The van der Waals surface area contributed by atoms with Crippen LogP contribution in [0.2, 0.25) is 0 Å². The second kappa shape index (κ2) is 5.53. The first-order valence-electron chi connectivity index (χ1n) is 6.59. The number of carbonyl (C=O) groups excluding carboxylic acids is 1. The maximum atomic E-state index is 12.2. The number of nitrogens with zero attached hydrogens (tertiary/aromatic N) is 1.